The smallest absolute Gasteiger partial charge is 0.301 e. The summed E-state index contributed by atoms with van der Waals surface area (Å²) in [7, 11) is -3.84. The normalized spacial score (nSPS) is 12.2. The molecule has 0 fully saturated rings. The third-order valence-corrected chi connectivity index (χ3v) is 7.41. The Bertz CT molecular complexity index is 994. The average molecular weight is 497 g/mol. The van der Waals surface area contributed by atoms with E-state index in [9.17, 15) is 26.4 Å². The second-order valence-corrected chi connectivity index (χ2v) is 11.3. The molecular weight excluding hydrogens is 473 g/mol. The van der Waals surface area contributed by atoms with Crippen molar-refractivity contribution in [3.63, 3.8) is 0 Å². The van der Waals surface area contributed by atoms with E-state index in [1.807, 2.05) is 0 Å². The summed E-state index contributed by atoms with van der Waals surface area (Å²) < 4.78 is 64.6. The second-order valence-electron chi connectivity index (χ2n) is 7.11. The average Bonchev–Trinajstić information content (AvgIpc) is 3.09. The molecule has 0 aliphatic heterocycles. The van der Waals surface area contributed by atoms with E-state index >= 15 is 0 Å². The Labute approximate surface area is 187 Å². The quantitative estimate of drug-likeness (QED) is 0.385. The Hall–Kier alpha value is -1.86. The van der Waals surface area contributed by atoms with Gasteiger partial charge in [-0.1, -0.05) is 43.0 Å². The first-order valence-corrected chi connectivity index (χ1v) is 12.9. The van der Waals surface area contributed by atoms with Crippen molar-refractivity contribution < 1.29 is 26.4 Å². The van der Waals surface area contributed by atoms with Crippen molar-refractivity contribution in [1.82, 2.24) is 10.2 Å². The zero-order chi connectivity index (χ0) is 23.2. The molecule has 0 bridgehead atoms. The molecule has 31 heavy (non-hydrogen) atoms. The molecule has 0 aliphatic rings. The van der Waals surface area contributed by atoms with Gasteiger partial charge < -0.3 is 5.32 Å². The summed E-state index contributed by atoms with van der Waals surface area (Å²) in [6.07, 6.45) is -3.60. The molecule has 1 N–H and O–H groups in total. The first-order chi connectivity index (χ1) is 14.4. The second kappa shape index (κ2) is 10.6. The molecule has 1 heterocycles. The summed E-state index contributed by atoms with van der Waals surface area (Å²) in [5.41, 5.74) is -1.05. The number of sulfonamides is 1. The van der Waals surface area contributed by atoms with Crippen molar-refractivity contribution >= 4 is 49.8 Å². The van der Waals surface area contributed by atoms with Crippen molar-refractivity contribution in [1.29, 1.82) is 0 Å². The molecule has 0 atom stereocenters. The fourth-order valence-electron chi connectivity index (χ4n) is 2.45. The number of alkyl halides is 3. The molecule has 0 saturated heterocycles. The van der Waals surface area contributed by atoms with E-state index in [4.69, 9.17) is 0 Å². The van der Waals surface area contributed by atoms with E-state index < -0.39 is 21.8 Å². The number of halogens is 3. The molecule has 0 aliphatic carbocycles. The van der Waals surface area contributed by atoms with Gasteiger partial charge in [0.15, 0.2) is 4.34 Å². The summed E-state index contributed by atoms with van der Waals surface area (Å²) in [5, 5.41) is 10.8. The van der Waals surface area contributed by atoms with Gasteiger partial charge in [-0.3, -0.25) is 9.10 Å². The molecule has 0 spiro atoms. The fraction of sp³-hybridized carbons (Fsp3) is 0.500. The Kier molecular flexibility index (Phi) is 8.72. The minimum Gasteiger partial charge on any atom is -0.301 e. The summed E-state index contributed by atoms with van der Waals surface area (Å²) in [4.78, 5) is 12.1. The number of nitrogens with one attached hydrogen (secondary N) is 1. The van der Waals surface area contributed by atoms with E-state index in [1.165, 1.54) is 17.4 Å². The molecule has 1 aromatic heterocycles. The van der Waals surface area contributed by atoms with Crippen LogP contribution in [0.25, 0.3) is 0 Å². The standard InChI is InChI=1S/C18H23F3N4O3S3/c1-12(2)11-29-17-24-23-16(30-17)22-15(26)8-5-9-25(31(3,27)28)14-7-4-6-13(10-14)18(19,20)21/h4,6-7,10,12H,5,8-9,11H2,1-3H3,(H,22,23,26). The maximum Gasteiger partial charge on any atom is 0.416 e. The Balaban J connectivity index is 1.96. The SMILES string of the molecule is CC(C)CSc1nnc(NC(=O)CCCN(c2cccc(C(F)(F)F)c2)S(C)(=O)=O)s1. The van der Waals surface area contributed by atoms with Gasteiger partial charge in [0.1, 0.15) is 0 Å². The lowest BCUT2D eigenvalue weighted by molar-refractivity contribution is -0.137. The highest BCUT2D eigenvalue weighted by Gasteiger charge is 2.31. The molecule has 172 valence electrons. The molecule has 2 rings (SSSR count). The number of thioether (sulfide) groups is 1. The van der Waals surface area contributed by atoms with Crippen LogP contribution in [-0.2, 0) is 21.0 Å². The summed E-state index contributed by atoms with van der Waals surface area (Å²) in [6, 6.07) is 4.08. The zero-order valence-corrected chi connectivity index (χ0v) is 19.6. The predicted octanol–water partition coefficient (Wildman–Crippen LogP) is 4.49. The molecule has 2 aromatic rings. The van der Waals surface area contributed by atoms with Crippen LogP contribution in [0.5, 0.6) is 0 Å². The molecule has 0 saturated carbocycles. The molecule has 13 heteroatoms. The number of nitrogens with zero attached hydrogens (tertiary/aromatic N) is 3. The maximum atomic E-state index is 12.9. The van der Waals surface area contributed by atoms with Crippen molar-refractivity contribution in [3.05, 3.63) is 29.8 Å². The number of aromatic nitrogens is 2. The van der Waals surface area contributed by atoms with Gasteiger partial charge in [-0.2, -0.15) is 13.2 Å². The minimum atomic E-state index is -4.59. The highest BCUT2D eigenvalue weighted by molar-refractivity contribution is 8.01. The Morgan fingerprint density at radius 3 is 2.61 bits per heavy atom. The number of carbonyl (C=O) groups is 1. The summed E-state index contributed by atoms with van der Waals surface area (Å²) in [6.45, 7) is 4.02. The van der Waals surface area contributed by atoms with Crippen LogP contribution in [0.15, 0.2) is 28.6 Å². The van der Waals surface area contributed by atoms with Crippen molar-refractivity contribution in [3.8, 4) is 0 Å². The van der Waals surface area contributed by atoms with Crippen LogP contribution >= 0.6 is 23.1 Å². The van der Waals surface area contributed by atoms with Gasteiger partial charge in [-0.25, -0.2) is 8.42 Å². The highest BCUT2D eigenvalue weighted by Crippen LogP contribution is 2.32. The largest absolute Gasteiger partial charge is 0.416 e. The van der Waals surface area contributed by atoms with Gasteiger partial charge in [-0.15, -0.1) is 10.2 Å². The lowest BCUT2D eigenvalue weighted by Gasteiger charge is -2.23. The molecule has 0 unspecified atom stereocenters. The molecule has 0 radical (unpaired) electrons. The topological polar surface area (TPSA) is 92.3 Å². The van der Waals surface area contributed by atoms with Gasteiger partial charge in [-0.05, 0) is 30.5 Å². The first-order valence-electron chi connectivity index (χ1n) is 9.27. The van der Waals surface area contributed by atoms with E-state index in [-0.39, 0.29) is 31.0 Å². The maximum absolute atomic E-state index is 12.9. The number of benzene rings is 1. The minimum absolute atomic E-state index is 0.0287. The van der Waals surface area contributed by atoms with E-state index in [2.05, 4.69) is 29.4 Å². The monoisotopic (exact) mass is 496 g/mol. The number of rotatable bonds is 10. The number of anilines is 2. The van der Waals surface area contributed by atoms with Crippen LogP contribution in [0.4, 0.5) is 24.0 Å². The van der Waals surface area contributed by atoms with Crippen LogP contribution in [0.1, 0.15) is 32.3 Å². The Morgan fingerprint density at radius 1 is 1.29 bits per heavy atom. The van der Waals surface area contributed by atoms with E-state index in [0.29, 0.717) is 11.0 Å². The zero-order valence-electron chi connectivity index (χ0n) is 17.1. The summed E-state index contributed by atoms with van der Waals surface area (Å²) >= 11 is 2.79. The molecular formula is C18H23F3N4O3S3. The Morgan fingerprint density at radius 2 is 2.00 bits per heavy atom. The van der Waals surface area contributed by atoms with Crippen LogP contribution in [0.2, 0.25) is 0 Å². The number of hydrogen-bond acceptors (Lipinski definition) is 7. The number of hydrogen-bond donors (Lipinski definition) is 1. The van der Waals surface area contributed by atoms with Gasteiger partial charge in [0, 0.05) is 18.7 Å². The van der Waals surface area contributed by atoms with Gasteiger partial charge in [0.25, 0.3) is 0 Å². The highest BCUT2D eigenvalue weighted by atomic mass is 32.2. The fourth-order valence-corrected chi connectivity index (χ4v) is 5.15. The molecule has 7 nitrogen and oxygen atoms in total. The van der Waals surface area contributed by atoms with Crippen LogP contribution in [-0.4, -0.2) is 43.1 Å². The molecule has 1 aromatic carbocycles. The lowest BCUT2D eigenvalue weighted by Crippen LogP contribution is -2.31. The van der Waals surface area contributed by atoms with E-state index in [0.717, 1.165) is 38.9 Å². The molecule has 1 amide bonds. The van der Waals surface area contributed by atoms with Gasteiger partial charge in [0.05, 0.1) is 17.5 Å². The van der Waals surface area contributed by atoms with Crippen molar-refractivity contribution in [2.75, 3.05) is 28.2 Å². The van der Waals surface area contributed by atoms with Crippen molar-refractivity contribution in [2.45, 2.75) is 37.2 Å². The van der Waals surface area contributed by atoms with Crippen molar-refractivity contribution in [2.24, 2.45) is 5.92 Å². The van der Waals surface area contributed by atoms with Crippen LogP contribution in [0.3, 0.4) is 0 Å². The van der Waals surface area contributed by atoms with Crippen LogP contribution in [0, 0.1) is 5.92 Å². The lowest BCUT2D eigenvalue weighted by atomic mass is 10.2. The predicted molar refractivity (Wildman–Crippen MR) is 117 cm³/mol. The van der Waals surface area contributed by atoms with Crippen LogP contribution < -0.4 is 9.62 Å². The van der Waals surface area contributed by atoms with Gasteiger partial charge in [0.2, 0.25) is 21.1 Å². The third kappa shape index (κ3) is 8.30. The summed E-state index contributed by atoms with van der Waals surface area (Å²) in [5.74, 6) is 0.981. The third-order valence-electron chi connectivity index (χ3n) is 3.82. The number of carbonyl (C=O) groups excluding carboxylic acids is 1. The van der Waals surface area contributed by atoms with E-state index in [1.54, 1.807) is 11.8 Å². The number of amides is 1. The van der Waals surface area contributed by atoms with Gasteiger partial charge >= 0.3 is 6.18 Å². The first kappa shape index (κ1) is 25.4.